The number of nitrogens with one attached hydrogen (secondary N) is 2. The van der Waals surface area contributed by atoms with Crippen LogP contribution in [0, 0.1) is 11.6 Å². The van der Waals surface area contributed by atoms with Crippen molar-refractivity contribution >= 4 is 15.7 Å². The maximum Gasteiger partial charge on any atom is 0.261 e. The summed E-state index contributed by atoms with van der Waals surface area (Å²) in [7, 11) is -1.98. The van der Waals surface area contributed by atoms with Gasteiger partial charge in [-0.3, -0.25) is 4.72 Å². The molecule has 0 heterocycles. The van der Waals surface area contributed by atoms with Gasteiger partial charge in [-0.1, -0.05) is 24.3 Å². The number of hydrogen-bond acceptors (Lipinski definition) is 3. The van der Waals surface area contributed by atoms with Crippen LogP contribution in [0.4, 0.5) is 14.5 Å². The van der Waals surface area contributed by atoms with Crippen molar-refractivity contribution in [3.05, 3.63) is 83.9 Å². The summed E-state index contributed by atoms with van der Waals surface area (Å²) in [5, 5.41) is 3.00. The van der Waals surface area contributed by atoms with Crippen LogP contribution in [0.3, 0.4) is 0 Å². The van der Waals surface area contributed by atoms with Gasteiger partial charge in [0.1, 0.15) is 11.6 Å². The Labute approximate surface area is 156 Å². The van der Waals surface area contributed by atoms with E-state index in [0.717, 1.165) is 17.7 Å². The van der Waals surface area contributed by atoms with Gasteiger partial charge in [0, 0.05) is 23.9 Å². The highest BCUT2D eigenvalue weighted by Gasteiger charge is 2.15. The summed E-state index contributed by atoms with van der Waals surface area (Å²) in [5.41, 5.74) is 2.06. The highest BCUT2D eigenvalue weighted by atomic mass is 32.2. The Morgan fingerprint density at radius 3 is 2.33 bits per heavy atom. The number of hydrogen-bond donors (Lipinski definition) is 2. The summed E-state index contributed by atoms with van der Waals surface area (Å²) < 4.78 is 54.6. The number of anilines is 1. The molecule has 3 aromatic rings. The van der Waals surface area contributed by atoms with E-state index < -0.39 is 21.7 Å². The topological polar surface area (TPSA) is 58.2 Å². The number of sulfonamides is 1. The fourth-order valence-electron chi connectivity index (χ4n) is 2.70. The lowest BCUT2D eigenvalue weighted by atomic mass is 10.1. The molecule has 4 nitrogen and oxygen atoms in total. The summed E-state index contributed by atoms with van der Waals surface area (Å²) in [6, 6.07) is 16.1. The molecule has 0 spiro atoms. The second kappa shape index (κ2) is 7.85. The molecule has 0 saturated carbocycles. The van der Waals surface area contributed by atoms with Crippen LogP contribution in [0.5, 0.6) is 0 Å². The standard InChI is InChI=1S/C20H18F2N2O2S/c1-23-13-14-3-2-4-17(11-14)24-27(25,26)18-8-5-15(6-9-18)19-10-7-16(21)12-20(19)22/h2-12,23-24H,13H2,1H3. The third-order valence-electron chi connectivity index (χ3n) is 3.97. The second-order valence-electron chi connectivity index (χ2n) is 5.98. The Bertz CT molecular complexity index is 1050. The van der Waals surface area contributed by atoms with E-state index >= 15 is 0 Å². The summed E-state index contributed by atoms with van der Waals surface area (Å²) in [6.45, 7) is 0.619. The summed E-state index contributed by atoms with van der Waals surface area (Å²) in [4.78, 5) is 0.0489. The van der Waals surface area contributed by atoms with E-state index in [0.29, 0.717) is 17.8 Å². The molecule has 0 amide bonds. The predicted molar refractivity (Wildman–Crippen MR) is 102 cm³/mol. The molecular formula is C20H18F2N2O2S. The van der Waals surface area contributed by atoms with Gasteiger partial charge < -0.3 is 5.32 Å². The Morgan fingerprint density at radius 2 is 1.67 bits per heavy atom. The third-order valence-corrected chi connectivity index (χ3v) is 5.36. The summed E-state index contributed by atoms with van der Waals surface area (Å²) in [6.07, 6.45) is 0. The Balaban J connectivity index is 1.84. The van der Waals surface area contributed by atoms with E-state index in [1.807, 2.05) is 13.1 Å². The molecule has 0 aliphatic rings. The molecule has 0 fully saturated rings. The predicted octanol–water partition coefficient (Wildman–Crippen LogP) is 4.15. The van der Waals surface area contributed by atoms with Crippen LogP contribution in [-0.2, 0) is 16.6 Å². The van der Waals surface area contributed by atoms with Gasteiger partial charge in [-0.05, 0) is 54.6 Å². The molecule has 0 bridgehead atoms. The lowest BCUT2D eigenvalue weighted by Gasteiger charge is -2.10. The molecule has 27 heavy (non-hydrogen) atoms. The molecule has 0 radical (unpaired) electrons. The maximum atomic E-state index is 13.9. The van der Waals surface area contributed by atoms with Crippen LogP contribution in [0.1, 0.15) is 5.56 Å². The van der Waals surface area contributed by atoms with Gasteiger partial charge in [0.25, 0.3) is 10.0 Å². The van der Waals surface area contributed by atoms with E-state index in [-0.39, 0.29) is 10.5 Å². The van der Waals surface area contributed by atoms with Crippen LogP contribution in [0.15, 0.2) is 71.6 Å². The first-order chi connectivity index (χ1) is 12.9. The Hall–Kier alpha value is -2.77. The first-order valence-electron chi connectivity index (χ1n) is 8.21. The molecule has 3 aromatic carbocycles. The van der Waals surface area contributed by atoms with Crippen molar-refractivity contribution in [3.8, 4) is 11.1 Å². The Kier molecular flexibility index (Phi) is 5.53. The lowest BCUT2D eigenvalue weighted by molar-refractivity contribution is 0.585. The third kappa shape index (κ3) is 4.50. The van der Waals surface area contributed by atoms with Crippen molar-refractivity contribution in [2.24, 2.45) is 0 Å². The number of halogens is 2. The van der Waals surface area contributed by atoms with Crippen LogP contribution >= 0.6 is 0 Å². The highest BCUT2D eigenvalue weighted by Crippen LogP contribution is 2.25. The molecule has 140 valence electrons. The average molecular weight is 388 g/mol. The first kappa shape index (κ1) is 19.0. The molecule has 0 aromatic heterocycles. The largest absolute Gasteiger partial charge is 0.316 e. The van der Waals surface area contributed by atoms with Gasteiger partial charge in [-0.2, -0.15) is 0 Å². The van der Waals surface area contributed by atoms with Crippen molar-refractivity contribution in [1.82, 2.24) is 5.32 Å². The molecule has 7 heteroatoms. The quantitative estimate of drug-likeness (QED) is 0.667. The smallest absolute Gasteiger partial charge is 0.261 e. The summed E-state index contributed by atoms with van der Waals surface area (Å²) >= 11 is 0. The molecular weight excluding hydrogens is 370 g/mol. The molecule has 0 unspecified atom stereocenters. The van der Waals surface area contributed by atoms with Crippen LogP contribution in [0.2, 0.25) is 0 Å². The zero-order valence-electron chi connectivity index (χ0n) is 14.5. The van der Waals surface area contributed by atoms with Crippen molar-refractivity contribution in [1.29, 1.82) is 0 Å². The SMILES string of the molecule is CNCc1cccc(NS(=O)(=O)c2ccc(-c3ccc(F)cc3F)cc2)c1. The van der Waals surface area contributed by atoms with E-state index in [2.05, 4.69) is 10.0 Å². The van der Waals surface area contributed by atoms with Crippen LogP contribution in [-0.4, -0.2) is 15.5 Å². The zero-order chi connectivity index (χ0) is 19.4. The fraction of sp³-hybridized carbons (Fsp3) is 0.100. The maximum absolute atomic E-state index is 13.9. The minimum Gasteiger partial charge on any atom is -0.316 e. The number of benzene rings is 3. The molecule has 0 aliphatic carbocycles. The molecule has 0 atom stereocenters. The monoisotopic (exact) mass is 388 g/mol. The lowest BCUT2D eigenvalue weighted by Crippen LogP contribution is -2.13. The van der Waals surface area contributed by atoms with Gasteiger partial charge in [0.15, 0.2) is 0 Å². The van der Waals surface area contributed by atoms with E-state index in [1.54, 1.807) is 18.2 Å². The fourth-order valence-corrected chi connectivity index (χ4v) is 3.75. The van der Waals surface area contributed by atoms with Crippen LogP contribution < -0.4 is 10.0 Å². The van der Waals surface area contributed by atoms with Crippen molar-refractivity contribution in [2.45, 2.75) is 11.4 Å². The average Bonchev–Trinajstić information content (AvgIpc) is 2.62. The molecule has 2 N–H and O–H groups in total. The first-order valence-corrected chi connectivity index (χ1v) is 9.69. The van der Waals surface area contributed by atoms with Gasteiger partial charge in [-0.15, -0.1) is 0 Å². The van der Waals surface area contributed by atoms with E-state index in [1.165, 1.54) is 30.3 Å². The van der Waals surface area contributed by atoms with Gasteiger partial charge in [-0.25, -0.2) is 17.2 Å². The van der Waals surface area contributed by atoms with Crippen molar-refractivity contribution in [3.63, 3.8) is 0 Å². The molecule has 0 saturated heterocycles. The Morgan fingerprint density at radius 1 is 0.926 bits per heavy atom. The van der Waals surface area contributed by atoms with Gasteiger partial charge in [0.05, 0.1) is 4.90 Å². The van der Waals surface area contributed by atoms with E-state index in [9.17, 15) is 17.2 Å². The van der Waals surface area contributed by atoms with Gasteiger partial charge >= 0.3 is 0 Å². The minimum atomic E-state index is -3.78. The van der Waals surface area contributed by atoms with Gasteiger partial charge in [0.2, 0.25) is 0 Å². The highest BCUT2D eigenvalue weighted by molar-refractivity contribution is 7.92. The zero-order valence-corrected chi connectivity index (χ0v) is 15.4. The van der Waals surface area contributed by atoms with E-state index in [4.69, 9.17) is 0 Å². The summed E-state index contributed by atoms with van der Waals surface area (Å²) in [5.74, 6) is -1.37. The molecule has 0 aliphatic heterocycles. The van der Waals surface area contributed by atoms with Crippen LogP contribution in [0.25, 0.3) is 11.1 Å². The minimum absolute atomic E-state index is 0.0489. The second-order valence-corrected chi connectivity index (χ2v) is 7.67. The molecule has 3 rings (SSSR count). The normalized spacial score (nSPS) is 11.4. The number of rotatable bonds is 6. The van der Waals surface area contributed by atoms with Crippen molar-refractivity contribution in [2.75, 3.05) is 11.8 Å². The van der Waals surface area contributed by atoms with Crippen molar-refractivity contribution < 1.29 is 17.2 Å².